The zero-order valence-electron chi connectivity index (χ0n) is 21.5. The maximum atomic E-state index is 13.2. The first-order chi connectivity index (χ1) is 16.0. The highest BCUT2D eigenvalue weighted by Crippen LogP contribution is 2.40. The van der Waals surface area contributed by atoms with E-state index in [1.807, 2.05) is 52.8 Å². The van der Waals surface area contributed by atoms with E-state index >= 15 is 0 Å². The average molecular weight is 499 g/mol. The van der Waals surface area contributed by atoms with E-state index < -0.39 is 9.84 Å². The normalized spacial score (nSPS) is 12.2. The van der Waals surface area contributed by atoms with Crippen molar-refractivity contribution in [2.45, 2.75) is 51.2 Å². The second-order valence-corrected chi connectivity index (χ2v) is 10.9. The molecule has 1 aromatic carbocycles. The van der Waals surface area contributed by atoms with E-state index in [0.717, 1.165) is 5.56 Å². The maximum absolute atomic E-state index is 13.2. The molecule has 0 unspecified atom stereocenters. The number of rotatable bonds is 14. The van der Waals surface area contributed by atoms with Gasteiger partial charge in [-0.2, -0.15) is 0 Å². The number of sulfone groups is 1. The van der Waals surface area contributed by atoms with E-state index in [9.17, 15) is 8.42 Å². The highest BCUT2D eigenvalue weighted by molar-refractivity contribution is 7.91. The van der Waals surface area contributed by atoms with Gasteiger partial charge in [0.05, 0.1) is 11.3 Å². The lowest BCUT2D eigenvalue weighted by molar-refractivity contribution is 0.0457. The van der Waals surface area contributed by atoms with Crippen molar-refractivity contribution in [2.75, 3.05) is 54.2 Å². The second kappa shape index (κ2) is 12.5. The number of aromatic nitrogens is 3. The Kier molecular flexibility index (Phi) is 10.3. The van der Waals surface area contributed by atoms with Crippen LogP contribution >= 0.6 is 0 Å². The Labute approximate surface area is 203 Å². The maximum Gasteiger partial charge on any atom is 0.250 e. The van der Waals surface area contributed by atoms with E-state index in [1.54, 1.807) is 17.7 Å². The van der Waals surface area contributed by atoms with Crippen LogP contribution in [0.5, 0.6) is 11.5 Å². The summed E-state index contributed by atoms with van der Waals surface area (Å²) < 4.78 is 49.8. The Morgan fingerprint density at radius 1 is 0.971 bits per heavy atom. The van der Waals surface area contributed by atoms with Gasteiger partial charge in [0, 0.05) is 26.3 Å². The topological polar surface area (TPSA) is 105 Å². The van der Waals surface area contributed by atoms with Gasteiger partial charge in [-0.3, -0.25) is 4.57 Å². The van der Waals surface area contributed by atoms with Gasteiger partial charge in [-0.1, -0.05) is 13.8 Å². The predicted octanol–water partition coefficient (Wildman–Crippen LogP) is 3.34. The molecule has 0 aliphatic heterocycles. The van der Waals surface area contributed by atoms with Gasteiger partial charge in [0.2, 0.25) is 15.0 Å². The smallest absolute Gasteiger partial charge is 0.250 e. The van der Waals surface area contributed by atoms with Gasteiger partial charge < -0.3 is 23.8 Å². The molecule has 0 saturated heterocycles. The number of methoxy groups -OCH3 is 2. The minimum Gasteiger partial charge on any atom is -0.467 e. The molecule has 0 spiro atoms. The van der Waals surface area contributed by atoms with Gasteiger partial charge in [0.15, 0.2) is 19.4 Å². The largest absolute Gasteiger partial charge is 0.467 e. The summed E-state index contributed by atoms with van der Waals surface area (Å²) >= 11 is 0. The van der Waals surface area contributed by atoms with Crippen molar-refractivity contribution in [1.29, 1.82) is 0 Å². The van der Waals surface area contributed by atoms with Crippen molar-refractivity contribution >= 4 is 9.84 Å². The zero-order valence-corrected chi connectivity index (χ0v) is 22.3. The molecular weight excluding hydrogens is 460 g/mol. The standard InChI is InChI=1S/C23H38N4O6S/c1-16(2)18-12-19(21(33-15-31-8)13-20(18)32-14-30-7)22-24-25-23(27(22)17(3)4)34(28,29)11-9-10-26(5)6/h12-13,16-17H,9-11,14-15H2,1-8H3. The van der Waals surface area contributed by atoms with Gasteiger partial charge in [0.25, 0.3) is 0 Å². The van der Waals surface area contributed by atoms with E-state index in [4.69, 9.17) is 18.9 Å². The highest BCUT2D eigenvalue weighted by atomic mass is 32.2. The summed E-state index contributed by atoms with van der Waals surface area (Å²) in [6.45, 7) is 8.65. The predicted molar refractivity (Wildman–Crippen MR) is 130 cm³/mol. The fourth-order valence-corrected chi connectivity index (χ4v) is 4.95. The Bertz CT molecular complexity index is 1030. The first kappa shape index (κ1) is 28.0. The van der Waals surface area contributed by atoms with Crippen molar-refractivity contribution < 1.29 is 27.4 Å². The Hall–Kier alpha value is -2.21. The zero-order chi connectivity index (χ0) is 25.5. The summed E-state index contributed by atoms with van der Waals surface area (Å²) in [7, 11) is 3.26. The summed E-state index contributed by atoms with van der Waals surface area (Å²) in [5.41, 5.74) is 1.52. The van der Waals surface area contributed by atoms with Crippen LogP contribution in [0.1, 0.15) is 51.6 Å². The van der Waals surface area contributed by atoms with Crippen LogP contribution in [-0.2, 0) is 19.3 Å². The van der Waals surface area contributed by atoms with Crippen molar-refractivity contribution in [3.8, 4) is 22.9 Å². The SMILES string of the molecule is COCOc1cc(OCOC)c(C(C)C)cc1-c1nnc(S(=O)(=O)CCCN(C)C)n1C(C)C. The van der Waals surface area contributed by atoms with Gasteiger partial charge in [-0.05, 0) is 58.5 Å². The molecule has 0 fully saturated rings. The third kappa shape index (κ3) is 6.91. The number of hydrogen-bond acceptors (Lipinski definition) is 9. The molecule has 1 aromatic heterocycles. The van der Waals surface area contributed by atoms with Crippen LogP contribution in [0.3, 0.4) is 0 Å². The van der Waals surface area contributed by atoms with Crippen LogP contribution < -0.4 is 9.47 Å². The summed E-state index contributed by atoms with van der Waals surface area (Å²) in [6, 6.07) is 3.46. The quantitative estimate of drug-likeness (QED) is 0.363. The lowest BCUT2D eigenvalue weighted by atomic mass is 9.98. The number of hydrogen-bond donors (Lipinski definition) is 0. The lowest BCUT2D eigenvalue weighted by Gasteiger charge is -2.20. The van der Waals surface area contributed by atoms with Gasteiger partial charge >= 0.3 is 0 Å². The van der Waals surface area contributed by atoms with E-state index in [-0.39, 0.29) is 36.5 Å². The van der Waals surface area contributed by atoms with E-state index in [0.29, 0.717) is 35.9 Å². The molecular formula is C23H38N4O6S. The fraction of sp³-hybridized carbons (Fsp3) is 0.652. The van der Waals surface area contributed by atoms with Crippen LogP contribution in [0.2, 0.25) is 0 Å². The van der Waals surface area contributed by atoms with Crippen LogP contribution in [0, 0.1) is 0 Å². The molecule has 192 valence electrons. The molecule has 2 aromatic rings. The van der Waals surface area contributed by atoms with E-state index in [1.165, 1.54) is 7.11 Å². The Morgan fingerprint density at radius 3 is 2.12 bits per heavy atom. The molecule has 34 heavy (non-hydrogen) atoms. The van der Waals surface area contributed by atoms with Crippen LogP contribution in [0.25, 0.3) is 11.4 Å². The first-order valence-corrected chi connectivity index (χ1v) is 12.9. The molecule has 0 aliphatic carbocycles. The molecule has 0 bridgehead atoms. The van der Waals surface area contributed by atoms with Crippen molar-refractivity contribution in [3.05, 3.63) is 17.7 Å². The molecule has 0 atom stereocenters. The monoisotopic (exact) mass is 498 g/mol. The van der Waals surface area contributed by atoms with Crippen LogP contribution in [0.4, 0.5) is 0 Å². The van der Waals surface area contributed by atoms with E-state index in [2.05, 4.69) is 10.2 Å². The highest BCUT2D eigenvalue weighted by Gasteiger charge is 2.29. The fourth-order valence-electron chi connectivity index (χ4n) is 3.49. The van der Waals surface area contributed by atoms with Crippen LogP contribution in [0.15, 0.2) is 17.3 Å². The average Bonchev–Trinajstić information content (AvgIpc) is 3.21. The summed E-state index contributed by atoms with van der Waals surface area (Å²) in [5.74, 6) is 1.57. The molecule has 1 heterocycles. The minimum absolute atomic E-state index is 0.00322. The van der Waals surface area contributed by atoms with Gasteiger partial charge in [0.1, 0.15) is 11.5 Å². The molecule has 0 aliphatic rings. The molecule has 0 N–H and O–H groups in total. The van der Waals surface area contributed by atoms with Gasteiger partial charge in [-0.15, -0.1) is 10.2 Å². The third-order valence-corrected chi connectivity index (χ3v) is 6.78. The molecule has 11 heteroatoms. The Morgan fingerprint density at radius 2 is 1.59 bits per heavy atom. The first-order valence-electron chi connectivity index (χ1n) is 11.3. The lowest BCUT2D eigenvalue weighted by Crippen LogP contribution is -2.20. The van der Waals surface area contributed by atoms with Crippen molar-refractivity contribution in [3.63, 3.8) is 0 Å². The van der Waals surface area contributed by atoms with Crippen molar-refractivity contribution in [1.82, 2.24) is 19.7 Å². The summed E-state index contributed by atoms with van der Waals surface area (Å²) in [5, 5.41) is 8.40. The molecule has 2 rings (SSSR count). The molecule has 0 amide bonds. The second-order valence-electron chi connectivity index (χ2n) is 8.89. The molecule has 0 radical (unpaired) electrons. The minimum atomic E-state index is -3.64. The summed E-state index contributed by atoms with van der Waals surface area (Å²) in [4.78, 5) is 1.95. The van der Waals surface area contributed by atoms with Crippen LogP contribution in [-0.4, -0.2) is 82.3 Å². The molecule has 0 saturated carbocycles. The third-order valence-electron chi connectivity index (χ3n) is 5.12. The number of benzene rings is 1. The Balaban J connectivity index is 2.65. The van der Waals surface area contributed by atoms with Gasteiger partial charge in [-0.25, -0.2) is 8.42 Å². The summed E-state index contributed by atoms with van der Waals surface area (Å²) in [6.07, 6.45) is 0.501. The van der Waals surface area contributed by atoms with Crippen molar-refractivity contribution in [2.24, 2.45) is 0 Å². The molecule has 10 nitrogen and oxygen atoms in total. The number of ether oxygens (including phenoxy) is 4. The number of nitrogens with zero attached hydrogens (tertiary/aromatic N) is 4.